The average molecular weight is 263 g/mol. The summed E-state index contributed by atoms with van der Waals surface area (Å²) >= 11 is 0. The molecule has 0 unspecified atom stereocenters. The van der Waals surface area contributed by atoms with Crippen molar-refractivity contribution < 1.29 is 4.92 Å². The molecule has 7 heteroatoms. The zero-order valence-electron chi connectivity index (χ0n) is 10.6. The number of nitrogens with zero attached hydrogens (tertiary/aromatic N) is 3. The van der Waals surface area contributed by atoms with Gasteiger partial charge in [0.2, 0.25) is 5.82 Å². The number of nitrogens with one attached hydrogen (secondary N) is 1. The molecule has 0 saturated heterocycles. The third kappa shape index (κ3) is 3.64. The van der Waals surface area contributed by atoms with E-state index in [1.807, 2.05) is 0 Å². The van der Waals surface area contributed by atoms with Crippen LogP contribution in [0.3, 0.4) is 0 Å². The smallest absolute Gasteiger partial charge is 0.311 e. The number of anilines is 1. The van der Waals surface area contributed by atoms with Crippen LogP contribution in [0.4, 0.5) is 11.5 Å². The lowest BCUT2D eigenvalue weighted by Gasteiger charge is -2.18. The van der Waals surface area contributed by atoms with Crippen LogP contribution in [0.1, 0.15) is 32.1 Å². The first kappa shape index (κ1) is 13.3. The Morgan fingerprint density at radius 2 is 2.21 bits per heavy atom. The van der Waals surface area contributed by atoms with E-state index >= 15 is 0 Å². The zero-order valence-corrected chi connectivity index (χ0v) is 10.6. The zero-order chi connectivity index (χ0) is 13.7. The first-order chi connectivity index (χ1) is 9.16. The highest BCUT2D eigenvalue weighted by molar-refractivity contribution is 5.93. The van der Waals surface area contributed by atoms with Crippen LogP contribution in [-0.2, 0) is 0 Å². The summed E-state index contributed by atoms with van der Waals surface area (Å²) in [6, 6.07) is 3.10. The van der Waals surface area contributed by atoms with E-state index in [0.717, 1.165) is 25.7 Å². The van der Waals surface area contributed by atoms with Crippen molar-refractivity contribution in [1.82, 2.24) is 4.98 Å². The van der Waals surface area contributed by atoms with Gasteiger partial charge in [-0.1, -0.05) is 19.3 Å². The van der Waals surface area contributed by atoms with Crippen LogP contribution in [0.5, 0.6) is 0 Å². The van der Waals surface area contributed by atoms with Crippen molar-refractivity contribution in [3.8, 4) is 0 Å². The summed E-state index contributed by atoms with van der Waals surface area (Å²) in [5.41, 5.74) is 5.67. The highest BCUT2D eigenvalue weighted by Gasteiger charge is 2.16. The van der Waals surface area contributed by atoms with Crippen LogP contribution in [0, 0.1) is 10.1 Å². The Bertz CT molecular complexity index is 483. The predicted molar refractivity (Wildman–Crippen MR) is 73.0 cm³/mol. The highest BCUT2D eigenvalue weighted by Crippen LogP contribution is 2.22. The molecule has 2 rings (SSSR count). The van der Waals surface area contributed by atoms with Crippen LogP contribution < -0.4 is 11.1 Å². The Morgan fingerprint density at radius 3 is 2.89 bits per heavy atom. The van der Waals surface area contributed by atoms with Crippen LogP contribution >= 0.6 is 0 Å². The fraction of sp³-hybridized carbons (Fsp3) is 0.500. The Hall–Kier alpha value is -2.18. The second-order valence-electron chi connectivity index (χ2n) is 4.56. The SMILES string of the molecule is NC(=NC1CCCCC1)Nc1ncccc1[N+](=O)[O-]. The van der Waals surface area contributed by atoms with E-state index in [4.69, 9.17) is 5.73 Å². The number of aromatic nitrogens is 1. The summed E-state index contributed by atoms with van der Waals surface area (Å²) in [5.74, 6) is 0.318. The number of nitrogens with two attached hydrogens (primary N) is 1. The van der Waals surface area contributed by atoms with Gasteiger partial charge in [-0.05, 0) is 18.9 Å². The fourth-order valence-corrected chi connectivity index (χ4v) is 2.20. The van der Waals surface area contributed by atoms with Crippen LogP contribution in [0.25, 0.3) is 0 Å². The first-order valence-corrected chi connectivity index (χ1v) is 6.36. The average Bonchev–Trinajstić information content (AvgIpc) is 2.40. The molecule has 0 aliphatic heterocycles. The predicted octanol–water partition coefficient (Wildman–Crippen LogP) is 2.05. The Balaban J connectivity index is 2.07. The molecule has 0 radical (unpaired) electrons. The quantitative estimate of drug-likeness (QED) is 0.375. The summed E-state index contributed by atoms with van der Waals surface area (Å²) < 4.78 is 0. The number of hydrogen-bond donors (Lipinski definition) is 2. The Kier molecular flexibility index (Phi) is 4.27. The molecule has 1 aromatic heterocycles. The second kappa shape index (κ2) is 6.12. The molecule has 1 fully saturated rings. The number of hydrogen-bond acceptors (Lipinski definition) is 4. The van der Waals surface area contributed by atoms with Crippen molar-refractivity contribution in [1.29, 1.82) is 0 Å². The highest BCUT2D eigenvalue weighted by atomic mass is 16.6. The number of rotatable bonds is 3. The van der Waals surface area contributed by atoms with Gasteiger partial charge in [0.15, 0.2) is 5.96 Å². The summed E-state index contributed by atoms with van der Waals surface area (Å²) in [6.45, 7) is 0. The standard InChI is InChI=1S/C12H17N5O2/c13-12(15-9-5-2-1-3-6-9)16-11-10(17(18)19)7-4-8-14-11/h4,7-9H,1-3,5-6H2,(H3,13,14,15,16). The van der Waals surface area contributed by atoms with E-state index in [1.165, 1.54) is 24.8 Å². The second-order valence-corrected chi connectivity index (χ2v) is 4.56. The van der Waals surface area contributed by atoms with Crippen molar-refractivity contribution in [3.63, 3.8) is 0 Å². The van der Waals surface area contributed by atoms with E-state index in [1.54, 1.807) is 0 Å². The fourth-order valence-electron chi connectivity index (χ4n) is 2.20. The maximum Gasteiger partial charge on any atom is 0.311 e. The van der Waals surface area contributed by atoms with E-state index in [-0.39, 0.29) is 23.5 Å². The first-order valence-electron chi connectivity index (χ1n) is 6.36. The molecule has 19 heavy (non-hydrogen) atoms. The topological polar surface area (TPSA) is 106 Å². The van der Waals surface area contributed by atoms with Gasteiger partial charge in [-0.25, -0.2) is 9.98 Å². The molecule has 0 aromatic carbocycles. The van der Waals surface area contributed by atoms with Gasteiger partial charge in [-0.15, -0.1) is 0 Å². The molecular formula is C12H17N5O2. The van der Waals surface area contributed by atoms with Gasteiger partial charge in [0.1, 0.15) is 0 Å². The van der Waals surface area contributed by atoms with Crippen LogP contribution in [0.15, 0.2) is 23.3 Å². The number of aliphatic imine (C=N–C) groups is 1. The Morgan fingerprint density at radius 1 is 1.47 bits per heavy atom. The molecule has 0 bridgehead atoms. The molecule has 1 aromatic rings. The molecular weight excluding hydrogens is 246 g/mol. The van der Waals surface area contributed by atoms with Crippen molar-refractivity contribution in [2.75, 3.05) is 5.32 Å². The minimum Gasteiger partial charge on any atom is -0.370 e. The van der Waals surface area contributed by atoms with Crippen LogP contribution in [0.2, 0.25) is 0 Å². The molecule has 1 heterocycles. The van der Waals surface area contributed by atoms with Gasteiger partial charge in [0.25, 0.3) is 0 Å². The monoisotopic (exact) mass is 263 g/mol. The maximum absolute atomic E-state index is 10.8. The summed E-state index contributed by atoms with van der Waals surface area (Å²) in [4.78, 5) is 18.6. The molecule has 1 saturated carbocycles. The molecule has 102 valence electrons. The normalized spacial score (nSPS) is 17.2. The molecule has 7 nitrogen and oxygen atoms in total. The molecule has 0 spiro atoms. The van der Waals surface area contributed by atoms with Gasteiger partial charge in [-0.3, -0.25) is 10.1 Å². The van der Waals surface area contributed by atoms with E-state index in [2.05, 4.69) is 15.3 Å². The van der Waals surface area contributed by atoms with Gasteiger partial charge in [0, 0.05) is 12.3 Å². The third-order valence-electron chi connectivity index (χ3n) is 3.13. The van der Waals surface area contributed by atoms with E-state index in [0.29, 0.717) is 0 Å². The number of guanidine groups is 1. The van der Waals surface area contributed by atoms with E-state index in [9.17, 15) is 10.1 Å². The molecule has 3 N–H and O–H groups in total. The third-order valence-corrected chi connectivity index (χ3v) is 3.13. The van der Waals surface area contributed by atoms with Crippen molar-refractivity contribution >= 4 is 17.5 Å². The van der Waals surface area contributed by atoms with E-state index < -0.39 is 4.92 Å². The van der Waals surface area contributed by atoms with Crippen molar-refractivity contribution in [2.24, 2.45) is 10.7 Å². The van der Waals surface area contributed by atoms with Gasteiger partial charge in [-0.2, -0.15) is 0 Å². The number of nitro groups is 1. The van der Waals surface area contributed by atoms with Gasteiger partial charge in [0.05, 0.1) is 11.0 Å². The van der Waals surface area contributed by atoms with Crippen molar-refractivity contribution in [2.45, 2.75) is 38.1 Å². The molecule has 1 aliphatic rings. The van der Waals surface area contributed by atoms with Gasteiger partial charge >= 0.3 is 5.69 Å². The van der Waals surface area contributed by atoms with Crippen molar-refractivity contribution in [3.05, 3.63) is 28.4 Å². The summed E-state index contributed by atoms with van der Waals surface area (Å²) in [6.07, 6.45) is 7.07. The molecule has 0 atom stereocenters. The lowest BCUT2D eigenvalue weighted by molar-refractivity contribution is -0.384. The molecule has 0 amide bonds. The largest absolute Gasteiger partial charge is 0.370 e. The minimum atomic E-state index is -0.497. The summed E-state index contributed by atoms with van der Waals surface area (Å²) in [7, 11) is 0. The molecule has 1 aliphatic carbocycles. The Labute approximate surface area is 111 Å². The van der Waals surface area contributed by atoms with Gasteiger partial charge < -0.3 is 11.1 Å². The minimum absolute atomic E-state index is 0.107. The maximum atomic E-state index is 10.8. The van der Waals surface area contributed by atoms with Crippen LogP contribution in [-0.4, -0.2) is 21.9 Å². The lowest BCUT2D eigenvalue weighted by Crippen LogP contribution is -2.26. The lowest BCUT2D eigenvalue weighted by atomic mass is 9.96. The number of pyridine rings is 1. The summed E-state index contributed by atoms with van der Waals surface area (Å²) in [5, 5.41) is 13.6.